The maximum Gasteiger partial charge on any atom is 0.328 e. The zero-order chi connectivity index (χ0) is 24.7. The van der Waals surface area contributed by atoms with Crippen LogP contribution in [0.3, 0.4) is 0 Å². The van der Waals surface area contributed by atoms with Gasteiger partial charge in [0, 0.05) is 11.6 Å². The quantitative estimate of drug-likeness (QED) is 0.401. The second kappa shape index (κ2) is 11.5. The van der Waals surface area contributed by atoms with Crippen LogP contribution < -0.4 is 20.7 Å². The van der Waals surface area contributed by atoms with Gasteiger partial charge in [0.25, 0.3) is 0 Å². The minimum atomic E-state index is -1.27. The monoisotopic (exact) mass is 469 g/mol. The summed E-state index contributed by atoms with van der Waals surface area (Å²) in [5.41, 5.74) is 3.38. The molecular weight excluding hydrogens is 438 g/mol. The van der Waals surface area contributed by atoms with Crippen molar-refractivity contribution in [3.05, 3.63) is 53.6 Å². The van der Waals surface area contributed by atoms with Crippen LogP contribution in [0.4, 0.5) is 16.2 Å². The first-order valence-corrected chi connectivity index (χ1v) is 11.3. The van der Waals surface area contributed by atoms with Gasteiger partial charge in [0.05, 0.1) is 19.4 Å². The van der Waals surface area contributed by atoms with E-state index >= 15 is 0 Å². The summed E-state index contributed by atoms with van der Waals surface area (Å²) in [7, 11) is 1.55. The molecule has 0 saturated heterocycles. The summed E-state index contributed by atoms with van der Waals surface area (Å²) in [5, 5.41) is 26.1. The molecule has 1 saturated carbocycles. The molecule has 1 aliphatic rings. The Labute approximate surface area is 198 Å². The third-order valence-electron chi connectivity index (χ3n) is 6.14. The molecule has 34 heavy (non-hydrogen) atoms. The van der Waals surface area contributed by atoms with E-state index in [1.807, 2.05) is 43.3 Å². The predicted molar refractivity (Wildman–Crippen MR) is 128 cm³/mol. The van der Waals surface area contributed by atoms with Crippen molar-refractivity contribution >= 4 is 29.3 Å². The number of aliphatic hydroxyl groups excluding tert-OH is 1. The van der Waals surface area contributed by atoms with Crippen molar-refractivity contribution in [2.24, 2.45) is 5.92 Å². The average Bonchev–Trinajstić information content (AvgIpc) is 2.83. The van der Waals surface area contributed by atoms with Gasteiger partial charge in [-0.1, -0.05) is 18.2 Å². The smallest absolute Gasteiger partial charge is 0.328 e. The van der Waals surface area contributed by atoms with Crippen molar-refractivity contribution < 1.29 is 29.3 Å². The van der Waals surface area contributed by atoms with Crippen LogP contribution in [0, 0.1) is 12.8 Å². The molecule has 182 valence electrons. The summed E-state index contributed by atoms with van der Waals surface area (Å²) in [6.07, 6.45) is 2.90. The van der Waals surface area contributed by atoms with Gasteiger partial charge in [-0.2, -0.15) is 0 Å². The number of ether oxygens (including phenoxy) is 1. The Morgan fingerprint density at radius 1 is 1.03 bits per heavy atom. The number of anilines is 2. The molecule has 0 aromatic heterocycles. The van der Waals surface area contributed by atoms with Gasteiger partial charge in [-0.25, -0.2) is 9.59 Å². The van der Waals surface area contributed by atoms with E-state index < -0.39 is 18.6 Å². The molecule has 9 heteroatoms. The number of carbonyl (C=O) groups excluding carboxylic acids is 2. The largest absolute Gasteiger partial charge is 0.495 e. The van der Waals surface area contributed by atoms with Gasteiger partial charge in [0.1, 0.15) is 11.8 Å². The van der Waals surface area contributed by atoms with Crippen LogP contribution in [0.15, 0.2) is 42.5 Å². The summed E-state index contributed by atoms with van der Waals surface area (Å²) in [6.45, 7) is 1.30. The molecule has 1 atom stereocenters. The first kappa shape index (κ1) is 25.0. The van der Waals surface area contributed by atoms with Crippen molar-refractivity contribution in [3.8, 4) is 5.75 Å². The molecule has 0 aliphatic heterocycles. The number of rotatable bonds is 8. The number of carbonyl (C=O) groups is 3. The number of benzene rings is 2. The summed E-state index contributed by atoms with van der Waals surface area (Å²) >= 11 is 0. The molecule has 3 amide bonds. The van der Waals surface area contributed by atoms with E-state index in [4.69, 9.17) is 14.9 Å². The number of aliphatic carboxylic acids is 1. The Balaban J connectivity index is 1.51. The Bertz CT molecular complexity index is 1020. The van der Waals surface area contributed by atoms with Gasteiger partial charge >= 0.3 is 12.0 Å². The lowest BCUT2D eigenvalue weighted by Gasteiger charge is -2.28. The normalized spacial score (nSPS) is 18.4. The first-order chi connectivity index (χ1) is 16.3. The number of carboxylic acid groups (broad SMARTS) is 1. The number of aryl methyl sites for hydroxylation is 1. The van der Waals surface area contributed by atoms with Crippen LogP contribution in [0.2, 0.25) is 0 Å². The third-order valence-corrected chi connectivity index (χ3v) is 6.14. The zero-order valence-corrected chi connectivity index (χ0v) is 19.3. The number of hydrogen-bond acceptors (Lipinski definition) is 5. The molecule has 3 rings (SSSR count). The average molecular weight is 470 g/mol. The number of aliphatic hydroxyl groups is 1. The number of hydrogen-bond donors (Lipinski definition) is 5. The minimum absolute atomic E-state index is 0.257. The molecule has 1 fully saturated rings. The van der Waals surface area contributed by atoms with Crippen LogP contribution in [0.25, 0.3) is 0 Å². The van der Waals surface area contributed by atoms with Crippen molar-refractivity contribution in [2.45, 2.75) is 44.6 Å². The molecule has 1 aliphatic carbocycles. The number of nitrogens with one attached hydrogen (secondary N) is 3. The zero-order valence-electron chi connectivity index (χ0n) is 19.3. The van der Waals surface area contributed by atoms with Crippen molar-refractivity contribution in [2.75, 3.05) is 24.4 Å². The summed E-state index contributed by atoms with van der Waals surface area (Å²) in [6, 6.07) is 11.5. The van der Waals surface area contributed by atoms with Gasteiger partial charge in [0.2, 0.25) is 5.91 Å². The van der Waals surface area contributed by atoms with E-state index in [1.165, 1.54) is 0 Å². The number of methoxy groups -OCH3 is 1. The van der Waals surface area contributed by atoms with Crippen LogP contribution in [-0.4, -0.2) is 47.9 Å². The van der Waals surface area contributed by atoms with Gasteiger partial charge in [-0.15, -0.1) is 0 Å². The van der Waals surface area contributed by atoms with E-state index in [2.05, 4.69) is 16.0 Å². The molecule has 0 spiro atoms. The van der Waals surface area contributed by atoms with Gasteiger partial charge < -0.3 is 30.9 Å². The van der Waals surface area contributed by atoms with Gasteiger partial charge in [-0.05, 0) is 73.9 Å². The second-order valence-corrected chi connectivity index (χ2v) is 8.54. The van der Waals surface area contributed by atoms with E-state index in [0.717, 1.165) is 24.0 Å². The molecule has 2 aromatic carbocycles. The highest BCUT2D eigenvalue weighted by atomic mass is 16.5. The minimum Gasteiger partial charge on any atom is -0.495 e. The van der Waals surface area contributed by atoms with E-state index in [9.17, 15) is 14.4 Å². The molecule has 0 bridgehead atoms. The van der Waals surface area contributed by atoms with Gasteiger partial charge in [-0.3, -0.25) is 4.79 Å². The summed E-state index contributed by atoms with van der Waals surface area (Å²) in [4.78, 5) is 35.7. The van der Waals surface area contributed by atoms with E-state index in [-0.39, 0.29) is 23.8 Å². The van der Waals surface area contributed by atoms with Crippen LogP contribution in [0.5, 0.6) is 5.75 Å². The van der Waals surface area contributed by atoms with Crippen LogP contribution in [-0.2, 0) is 9.59 Å². The Hall–Kier alpha value is -3.59. The molecule has 5 N–H and O–H groups in total. The maximum absolute atomic E-state index is 12.4. The van der Waals surface area contributed by atoms with E-state index in [1.54, 1.807) is 13.2 Å². The highest BCUT2D eigenvalue weighted by Gasteiger charge is 2.29. The van der Waals surface area contributed by atoms with Crippen molar-refractivity contribution in [1.29, 1.82) is 0 Å². The van der Waals surface area contributed by atoms with E-state index in [0.29, 0.717) is 30.0 Å². The fourth-order valence-electron chi connectivity index (χ4n) is 4.21. The number of urea groups is 1. The highest BCUT2D eigenvalue weighted by molar-refractivity contribution is 6.00. The summed E-state index contributed by atoms with van der Waals surface area (Å²) < 4.78 is 5.29. The Kier molecular flexibility index (Phi) is 8.48. The lowest BCUT2D eigenvalue weighted by Crippen LogP contribution is -2.46. The highest BCUT2D eigenvalue weighted by Crippen LogP contribution is 2.36. The standard InChI is InChI=1S/C25H31N3O6/c1-15-3-12-22(34-2)20(13-15)28-25(33)26-19-10-8-17(9-11-19)16-4-6-18(7-5-16)23(30)27-21(14-29)24(31)32/h3,8-13,16,18,21,29H,4-7,14H2,1-2H3,(H,27,30)(H,31,32)(H2,26,28,33)/t16-,18-,21-/m0/s1. The molecule has 0 radical (unpaired) electrons. The molecule has 9 nitrogen and oxygen atoms in total. The SMILES string of the molecule is COc1ccc(C)cc1NC(=O)Nc1ccc([C@H]2CC[C@H](C(=O)N[C@@H](CO)C(=O)O)CC2)cc1. The van der Waals surface area contributed by atoms with Crippen molar-refractivity contribution in [3.63, 3.8) is 0 Å². The molecule has 0 unspecified atom stereocenters. The fourth-order valence-corrected chi connectivity index (χ4v) is 4.21. The molecule has 2 aromatic rings. The lowest BCUT2D eigenvalue weighted by atomic mass is 9.78. The third kappa shape index (κ3) is 6.48. The summed E-state index contributed by atoms with van der Waals surface area (Å²) in [5.74, 6) is -0.958. The van der Waals surface area contributed by atoms with Crippen molar-refractivity contribution in [1.82, 2.24) is 5.32 Å². The predicted octanol–water partition coefficient (Wildman–Crippen LogP) is 3.48. The Morgan fingerprint density at radius 3 is 2.29 bits per heavy atom. The first-order valence-electron chi connectivity index (χ1n) is 11.3. The fraction of sp³-hybridized carbons (Fsp3) is 0.400. The van der Waals surface area contributed by atoms with Crippen LogP contribution in [0.1, 0.15) is 42.7 Å². The Morgan fingerprint density at radius 2 is 1.71 bits per heavy atom. The molecular formula is C25H31N3O6. The topological polar surface area (TPSA) is 137 Å². The number of carboxylic acids is 1. The maximum atomic E-state index is 12.4. The number of amides is 3. The molecule has 0 heterocycles. The van der Waals surface area contributed by atoms with Gasteiger partial charge in [0.15, 0.2) is 0 Å². The second-order valence-electron chi connectivity index (χ2n) is 8.54. The van der Waals surface area contributed by atoms with Crippen LogP contribution >= 0.6 is 0 Å². The lowest BCUT2D eigenvalue weighted by molar-refractivity contribution is -0.143.